The molecule has 17 heavy (non-hydrogen) atoms. The van der Waals surface area contributed by atoms with E-state index < -0.39 is 0 Å². The van der Waals surface area contributed by atoms with Crippen molar-refractivity contribution >= 4 is 28.2 Å². The number of aryl methyl sites for hydroxylation is 1. The Bertz CT molecular complexity index is 529. The fourth-order valence-corrected chi connectivity index (χ4v) is 3.42. The second-order valence-corrected chi connectivity index (χ2v) is 5.77. The largest absolute Gasteiger partial charge is 0.369 e. The van der Waals surface area contributed by atoms with Crippen LogP contribution in [0.1, 0.15) is 5.56 Å². The summed E-state index contributed by atoms with van der Waals surface area (Å²) in [6.45, 7) is 4.55. The van der Waals surface area contributed by atoms with Crippen molar-refractivity contribution in [1.82, 2.24) is 0 Å². The third-order valence-electron chi connectivity index (χ3n) is 3.47. The Hall–Kier alpha value is -1.15. The first-order valence-electron chi connectivity index (χ1n) is 6.17. The Morgan fingerprint density at radius 2 is 1.65 bits per heavy atom. The van der Waals surface area contributed by atoms with Crippen LogP contribution in [0.25, 0.3) is 10.8 Å². The van der Waals surface area contributed by atoms with Crippen LogP contribution in [0.15, 0.2) is 36.4 Å². The Morgan fingerprint density at radius 3 is 2.41 bits per heavy atom. The molecule has 0 aromatic heterocycles. The third-order valence-corrected chi connectivity index (χ3v) is 4.41. The monoisotopic (exact) mass is 243 g/mol. The molecule has 2 heteroatoms. The fourth-order valence-electron chi connectivity index (χ4n) is 2.51. The fraction of sp³-hybridized carbons (Fsp3) is 0.333. The molecular weight excluding hydrogens is 226 g/mol. The molecule has 1 saturated heterocycles. The summed E-state index contributed by atoms with van der Waals surface area (Å²) >= 11 is 2.06. The van der Waals surface area contributed by atoms with Gasteiger partial charge in [-0.1, -0.05) is 30.3 Å². The molecule has 0 spiro atoms. The van der Waals surface area contributed by atoms with Gasteiger partial charge in [-0.15, -0.1) is 0 Å². The first kappa shape index (κ1) is 11.0. The molecule has 0 aliphatic carbocycles. The number of fused-ring (bicyclic) bond motifs is 1. The number of thioether (sulfide) groups is 1. The third kappa shape index (κ3) is 2.02. The predicted molar refractivity (Wildman–Crippen MR) is 78.2 cm³/mol. The molecular formula is C15H17NS. The van der Waals surface area contributed by atoms with Gasteiger partial charge in [-0.2, -0.15) is 11.8 Å². The smallest absolute Gasteiger partial charge is 0.0446 e. The van der Waals surface area contributed by atoms with Crippen molar-refractivity contribution in [2.24, 2.45) is 0 Å². The summed E-state index contributed by atoms with van der Waals surface area (Å²) in [5.41, 5.74) is 2.78. The summed E-state index contributed by atoms with van der Waals surface area (Å²) in [5, 5.41) is 2.79. The van der Waals surface area contributed by atoms with E-state index >= 15 is 0 Å². The second-order valence-electron chi connectivity index (χ2n) is 4.55. The highest BCUT2D eigenvalue weighted by Gasteiger charge is 2.13. The van der Waals surface area contributed by atoms with Crippen LogP contribution in [0.4, 0.5) is 5.69 Å². The lowest BCUT2D eigenvalue weighted by Gasteiger charge is -2.29. The molecule has 2 aromatic rings. The molecule has 88 valence electrons. The van der Waals surface area contributed by atoms with Gasteiger partial charge in [0.25, 0.3) is 0 Å². The van der Waals surface area contributed by atoms with Gasteiger partial charge in [0.1, 0.15) is 0 Å². The van der Waals surface area contributed by atoms with E-state index in [0.717, 1.165) is 0 Å². The summed E-state index contributed by atoms with van der Waals surface area (Å²) in [4.78, 5) is 2.53. The zero-order chi connectivity index (χ0) is 11.7. The Balaban J connectivity index is 2.12. The van der Waals surface area contributed by atoms with Gasteiger partial charge in [-0.05, 0) is 23.9 Å². The van der Waals surface area contributed by atoms with Gasteiger partial charge in [-0.25, -0.2) is 0 Å². The lowest BCUT2D eigenvalue weighted by molar-refractivity contribution is 0.863. The number of hydrogen-bond acceptors (Lipinski definition) is 2. The summed E-state index contributed by atoms with van der Waals surface area (Å²) in [6.07, 6.45) is 0. The molecule has 3 rings (SSSR count). The first-order valence-corrected chi connectivity index (χ1v) is 7.33. The van der Waals surface area contributed by atoms with E-state index in [-0.39, 0.29) is 0 Å². The Morgan fingerprint density at radius 1 is 0.941 bits per heavy atom. The maximum atomic E-state index is 2.53. The Kier molecular flexibility index (Phi) is 2.98. The van der Waals surface area contributed by atoms with E-state index in [2.05, 4.69) is 60.0 Å². The van der Waals surface area contributed by atoms with E-state index in [9.17, 15) is 0 Å². The zero-order valence-electron chi connectivity index (χ0n) is 10.1. The van der Waals surface area contributed by atoms with Crippen LogP contribution in [-0.4, -0.2) is 24.6 Å². The zero-order valence-corrected chi connectivity index (χ0v) is 11.0. The molecule has 0 amide bonds. The van der Waals surface area contributed by atoms with E-state index in [1.54, 1.807) is 0 Å². The van der Waals surface area contributed by atoms with Gasteiger partial charge in [-0.3, -0.25) is 0 Å². The van der Waals surface area contributed by atoms with Crippen molar-refractivity contribution in [3.63, 3.8) is 0 Å². The van der Waals surface area contributed by atoms with Gasteiger partial charge in [0.05, 0.1) is 0 Å². The molecule has 1 aliphatic rings. The SMILES string of the molecule is Cc1ccc(N2CCSCC2)c2ccccc12. The van der Waals surface area contributed by atoms with Gasteiger partial charge < -0.3 is 4.90 Å². The number of nitrogens with zero attached hydrogens (tertiary/aromatic N) is 1. The number of rotatable bonds is 1. The second kappa shape index (κ2) is 4.61. The van der Waals surface area contributed by atoms with Crippen LogP contribution in [0.2, 0.25) is 0 Å². The van der Waals surface area contributed by atoms with Gasteiger partial charge in [0.2, 0.25) is 0 Å². The highest BCUT2D eigenvalue weighted by Crippen LogP contribution is 2.30. The maximum absolute atomic E-state index is 2.53. The summed E-state index contributed by atoms with van der Waals surface area (Å²) in [7, 11) is 0. The lowest BCUT2D eigenvalue weighted by atomic mass is 10.0. The van der Waals surface area contributed by atoms with E-state index in [4.69, 9.17) is 0 Å². The molecule has 0 bridgehead atoms. The molecule has 0 atom stereocenters. The van der Waals surface area contributed by atoms with E-state index in [1.165, 1.54) is 46.6 Å². The van der Waals surface area contributed by atoms with Gasteiger partial charge in [0.15, 0.2) is 0 Å². The van der Waals surface area contributed by atoms with Crippen molar-refractivity contribution in [2.75, 3.05) is 29.5 Å². The average molecular weight is 243 g/mol. The topological polar surface area (TPSA) is 3.24 Å². The molecule has 1 fully saturated rings. The molecule has 0 radical (unpaired) electrons. The minimum atomic E-state index is 1.18. The number of hydrogen-bond donors (Lipinski definition) is 0. The van der Waals surface area contributed by atoms with Crippen LogP contribution < -0.4 is 4.90 Å². The average Bonchev–Trinajstić information content (AvgIpc) is 2.41. The number of benzene rings is 2. The van der Waals surface area contributed by atoms with Crippen LogP contribution in [0.3, 0.4) is 0 Å². The van der Waals surface area contributed by atoms with Crippen LogP contribution in [0.5, 0.6) is 0 Å². The van der Waals surface area contributed by atoms with Gasteiger partial charge in [0, 0.05) is 35.7 Å². The molecule has 0 N–H and O–H groups in total. The minimum absolute atomic E-state index is 1.18. The van der Waals surface area contributed by atoms with Gasteiger partial charge >= 0.3 is 0 Å². The Labute approximate surface area is 107 Å². The van der Waals surface area contributed by atoms with E-state index in [0.29, 0.717) is 0 Å². The van der Waals surface area contributed by atoms with Crippen molar-refractivity contribution in [3.8, 4) is 0 Å². The van der Waals surface area contributed by atoms with Crippen molar-refractivity contribution in [2.45, 2.75) is 6.92 Å². The molecule has 2 aromatic carbocycles. The van der Waals surface area contributed by atoms with Crippen LogP contribution >= 0.6 is 11.8 Å². The highest BCUT2D eigenvalue weighted by atomic mass is 32.2. The van der Waals surface area contributed by atoms with E-state index in [1.807, 2.05) is 0 Å². The van der Waals surface area contributed by atoms with Crippen LogP contribution in [0, 0.1) is 6.92 Å². The predicted octanol–water partition coefficient (Wildman–Crippen LogP) is 3.70. The highest BCUT2D eigenvalue weighted by molar-refractivity contribution is 7.99. The number of anilines is 1. The molecule has 1 aliphatic heterocycles. The van der Waals surface area contributed by atoms with Crippen molar-refractivity contribution in [1.29, 1.82) is 0 Å². The summed E-state index contributed by atoms with van der Waals surface area (Å²) in [6, 6.07) is 13.3. The summed E-state index contributed by atoms with van der Waals surface area (Å²) in [5.74, 6) is 2.50. The maximum Gasteiger partial charge on any atom is 0.0446 e. The van der Waals surface area contributed by atoms with Crippen molar-refractivity contribution < 1.29 is 0 Å². The molecule has 0 unspecified atom stereocenters. The lowest BCUT2D eigenvalue weighted by Crippen LogP contribution is -2.32. The minimum Gasteiger partial charge on any atom is -0.369 e. The normalized spacial score (nSPS) is 16.4. The quantitative estimate of drug-likeness (QED) is 0.751. The standard InChI is InChI=1S/C15H17NS/c1-12-6-7-15(16-8-10-17-11-9-16)14-5-3-2-4-13(12)14/h2-7H,8-11H2,1H3. The first-order chi connectivity index (χ1) is 8.36. The molecule has 0 saturated carbocycles. The molecule has 1 nitrogen and oxygen atoms in total. The summed E-state index contributed by atoms with van der Waals surface area (Å²) < 4.78 is 0. The molecule has 1 heterocycles. The van der Waals surface area contributed by atoms with Crippen LogP contribution in [-0.2, 0) is 0 Å². The van der Waals surface area contributed by atoms with Crippen molar-refractivity contribution in [3.05, 3.63) is 42.0 Å².